The molecule has 12 rings (SSSR count). The lowest BCUT2D eigenvalue weighted by molar-refractivity contribution is 0.483. The number of hydrogen-bond donors (Lipinski definition) is 0. The zero-order chi connectivity index (χ0) is 35.4. The predicted octanol–water partition coefficient (Wildman–Crippen LogP) is 10.5. The maximum absolute atomic E-state index is 8.12. The summed E-state index contributed by atoms with van der Waals surface area (Å²) in [6, 6.07) is 52.3. The molecule has 4 aliphatic rings. The Morgan fingerprint density at radius 1 is 0.580 bits per heavy atom. The molecule has 0 atom stereocenters. The minimum absolute atomic E-state index is 0.0797. The third-order valence-electron chi connectivity index (χ3n) is 10.7. The number of pyridine rings is 1. The van der Waals surface area contributed by atoms with E-state index < -0.39 is 6.98 Å². The van der Waals surface area contributed by atoms with Crippen molar-refractivity contribution >= 4 is 38.9 Å². The molecule has 2 bridgehead atoms. The zero-order valence-electron chi connectivity index (χ0n) is 30.0. The van der Waals surface area contributed by atoms with Crippen LogP contribution >= 0.6 is 0 Å². The molecule has 238 valence electrons. The number of fused-ring (bicyclic) bond motifs is 4. The van der Waals surface area contributed by atoms with Crippen LogP contribution in [-0.4, -0.2) is 23.2 Å². The molecule has 5 nitrogen and oxygen atoms in total. The molecule has 0 saturated carbocycles. The Kier molecular flexibility index (Phi) is 5.12. The molecular formula is C45H32N4O. The fraction of sp³-hybridized carbons (Fsp3) is 0.0889. The second kappa shape index (κ2) is 10.3. The van der Waals surface area contributed by atoms with E-state index in [-0.39, 0.29) is 18.5 Å². The van der Waals surface area contributed by atoms with Crippen molar-refractivity contribution in [3.63, 3.8) is 0 Å². The van der Waals surface area contributed by atoms with Crippen LogP contribution in [0.5, 0.6) is 11.5 Å². The molecule has 0 N–H and O–H groups in total. The monoisotopic (exact) mass is 647 g/mol. The van der Waals surface area contributed by atoms with Crippen LogP contribution in [0, 0.1) is 0 Å². The maximum Gasteiger partial charge on any atom is 0.137 e. The summed E-state index contributed by atoms with van der Waals surface area (Å²) in [6.07, 6.45) is 0. The van der Waals surface area contributed by atoms with Gasteiger partial charge in [-0.15, -0.1) is 0 Å². The summed E-state index contributed by atoms with van der Waals surface area (Å²) in [5.74, 6) is 2.49. The minimum atomic E-state index is -2.26. The lowest BCUT2D eigenvalue weighted by Crippen LogP contribution is -2.28. The first-order valence-corrected chi connectivity index (χ1v) is 17.1. The second-order valence-corrected chi connectivity index (χ2v) is 13.4. The maximum atomic E-state index is 8.12. The van der Waals surface area contributed by atoms with Crippen LogP contribution in [0.4, 0.5) is 17.1 Å². The van der Waals surface area contributed by atoms with E-state index >= 15 is 0 Å². The van der Waals surface area contributed by atoms with Crippen LogP contribution < -0.4 is 14.5 Å². The molecule has 2 aromatic heterocycles. The van der Waals surface area contributed by atoms with Gasteiger partial charge in [0.2, 0.25) is 0 Å². The van der Waals surface area contributed by atoms with Crippen molar-refractivity contribution in [3.05, 3.63) is 185 Å². The Labute approximate surface area is 294 Å². The molecule has 3 aliphatic carbocycles. The van der Waals surface area contributed by atoms with Gasteiger partial charge < -0.3 is 14.5 Å². The highest BCUT2D eigenvalue weighted by atomic mass is 16.5. The van der Waals surface area contributed by atoms with E-state index in [0.717, 1.165) is 44.7 Å². The highest BCUT2D eigenvalue weighted by Gasteiger charge is 2.42. The van der Waals surface area contributed by atoms with E-state index in [9.17, 15) is 0 Å². The first-order valence-electron chi connectivity index (χ1n) is 18.6. The van der Waals surface area contributed by atoms with Gasteiger partial charge in [0, 0.05) is 45.6 Å². The lowest BCUT2D eigenvalue weighted by atomic mass is 9.63. The van der Waals surface area contributed by atoms with Gasteiger partial charge >= 0.3 is 0 Å². The van der Waals surface area contributed by atoms with Gasteiger partial charge in [0.05, 0.1) is 40.7 Å². The standard InChI is InChI=1S/C45H32N4O/c1-47-27-48(40-20-9-8-19-39(40)47)28-11-10-12-29(25-28)50-30-21-22-32-31-13-6-7-18-38(31)49(41(32)26-30)42-24-23-37-43-33-14-2-4-16-35(33)44(45(37)46-42)36-17-5-3-15-34(36)43/h2-26,43-44H,27H2,1H3/i1D3. The number of benzene rings is 6. The van der Waals surface area contributed by atoms with E-state index in [1.807, 2.05) is 59.5 Å². The number of anilines is 3. The molecule has 0 spiro atoms. The average Bonchev–Trinajstić information content (AvgIpc) is 3.74. The van der Waals surface area contributed by atoms with Gasteiger partial charge in [-0.25, -0.2) is 4.98 Å². The van der Waals surface area contributed by atoms with Crippen molar-refractivity contribution in [2.45, 2.75) is 11.8 Å². The molecule has 0 fully saturated rings. The van der Waals surface area contributed by atoms with Crippen LogP contribution in [-0.2, 0) is 0 Å². The molecule has 5 heteroatoms. The third-order valence-corrected chi connectivity index (χ3v) is 10.7. The SMILES string of the molecule is [2H]C([2H])([2H])N1CN(c2cccc(Oc3ccc4c5ccccc5n(-c5ccc6c(n5)C5c7ccccc7C6c6ccccc65)c4c3)c2)c2ccccc21. The molecule has 8 aromatic rings. The van der Waals surface area contributed by atoms with Gasteiger partial charge in [-0.2, -0.15) is 0 Å². The van der Waals surface area contributed by atoms with Gasteiger partial charge in [-0.1, -0.05) is 91.0 Å². The van der Waals surface area contributed by atoms with Crippen molar-refractivity contribution < 1.29 is 8.85 Å². The largest absolute Gasteiger partial charge is 0.457 e. The summed E-state index contributed by atoms with van der Waals surface area (Å²) in [5.41, 5.74) is 12.3. The summed E-state index contributed by atoms with van der Waals surface area (Å²) < 4.78 is 33.2. The first-order chi connectivity index (χ1) is 25.9. The van der Waals surface area contributed by atoms with Crippen LogP contribution in [0.3, 0.4) is 0 Å². The Bertz CT molecular complexity index is 2740. The van der Waals surface area contributed by atoms with Crippen LogP contribution in [0.2, 0.25) is 0 Å². The van der Waals surface area contributed by atoms with E-state index in [1.54, 1.807) is 0 Å². The second-order valence-electron chi connectivity index (χ2n) is 13.4. The highest BCUT2D eigenvalue weighted by Crippen LogP contribution is 2.55. The summed E-state index contributed by atoms with van der Waals surface area (Å²) in [4.78, 5) is 8.99. The van der Waals surface area contributed by atoms with Crippen molar-refractivity contribution in [1.29, 1.82) is 0 Å². The molecule has 0 unspecified atom stereocenters. The van der Waals surface area contributed by atoms with Crippen molar-refractivity contribution in [1.82, 2.24) is 9.55 Å². The van der Waals surface area contributed by atoms with E-state index in [1.165, 1.54) is 32.7 Å². The van der Waals surface area contributed by atoms with Gasteiger partial charge in [0.15, 0.2) is 0 Å². The molecule has 0 amide bonds. The van der Waals surface area contributed by atoms with Gasteiger partial charge in [0.1, 0.15) is 17.3 Å². The van der Waals surface area contributed by atoms with Gasteiger partial charge in [-0.05, 0) is 76.3 Å². The predicted molar refractivity (Wildman–Crippen MR) is 202 cm³/mol. The topological polar surface area (TPSA) is 33.5 Å². The third kappa shape index (κ3) is 3.86. The number of rotatable bonds is 4. The summed E-state index contributed by atoms with van der Waals surface area (Å²) in [5, 5.41) is 2.27. The fourth-order valence-electron chi connectivity index (χ4n) is 8.66. The quantitative estimate of drug-likeness (QED) is 0.190. The Balaban J connectivity index is 0.999. The smallest absolute Gasteiger partial charge is 0.137 e. The van der Waals surface area contributed by atoms with E-state index in [4.69, 9.17) is 13.8 Å². The summed E-state index contributed by atoms with van der Waals surface area (Å²) in [7, 11) is 0. The Morgan fingerprint density at radius 2 is 1.26 bits per heavy atom. The van der Waals surface area contributed by atoms with Crippen molar-refractivity contribution in [3.8, 4) is 17.3 Å². The molecule has 50 heavy (non-hydrogen) atoms. The minimum Gasteiger partial charge on any atom is -0.457 e. The molecule has 0 radical (unpaired) electrons. The van der Waals surface area contributed by atoms with Gasteiger partial charge in [-0.3, -0.25) is 4.57 Å². The highest BCUT2D eigenvalue weighted by molar-refractivity contribution is 6.09. The fourth-order valence-corrected chi connectivity index (χ4v) is 8.66. The number of aromatic nitrogens is 2. The molecule has 3 heterocycles. The normalized spacial score (nSPS) is 17.9. The van der Waals surface area contributed by atoms with Gasteiger partial charge in [0.25, 0.3) is 0 Å². The lowest BCUT2D eigenvalue weighted by Gasteiger charge is -2.41. The van der Waals surface area contributed by atoms with E-state index in [2.05, 4.69) is 102 Å². The van der Waals surface area contributed by atoms with Crippen LogP contribution in [0.25, 0.3) is 27.6 Å². The number of nitrogens with zero attached hydrogens (tertiary/aromatic N) is 4. The number of para-hydroxylation sites is 3. The van der Waals surface area contributed by atoms with Crippen LogP contribution in [0.1, 0.15) is 49.5 Å². The summed E-state index contributed by atoms with van der Waals surface area (Å²) >= 11 is 0. The Hall–Kier alpha value is -6.33. The van der Waals surface area contributed by atoms with Crippen molar-refractivity contribution in [2.24, 2.45) is 0 Å². The average molecular weight is 648 g/mol. The first kappa shape index (κ1) is 24.8. The zero-order valence-corrected chi connectivity index (χ0v) is 27.0. The summed E-state index contributed by atoms with van der Waals surface area (Å²) in [6.45, 7) is -2.04. The Morgan fingerprint density at radius 3 is 2.06 bits per heavy atom. The van der Waals surface area contributed by atoms with Crippen molar-refractivity contribution in [2.75, 3.05) is 23.4 Å². The molecule has 0 saturated heterocycles. The number of hydrogen-bond acceptors (Lipinski definition) is 4. The van der Waals surface area contributed by atoms with Crippen LogP contribution in [0.15, 0.2) is 152 Å². The molecular weight excluding hydrogens is 613 g/mol. The van der Waals surface area contributed by atoms with E-state index in [0.29, 0.717) is 17.2 Å². The molecule has 1 aliphatic heterocycles. The number of ether oxygens (including phenoxy) is 1. The molecule has 6 aromatic carbocycles.